The van der Waals surface area contributed by atoms with Gasteiger partial charge in [-0.3, -0.25) is 4.79 Å². The first kappa shape index (κ1) is 19.0. The average Bonchev–Trinajstić information content (AvgIpc) is 3.19. The fourth-order valence-electron chi connectivity index (χ4n) is 2.81. The van der Waals surface area contributed by atoms with Gasteiger partial charge in [-0.25, -0.2) is 4.79 Å². The predicted octanol–water partition coefficient (Wildman–Crippen LogP) is 4.52. The number of hydrogen-bond donors (Lipinski definition) is 0. The Morgan fingerprint density at radius 2 is 1.85 bits per heavy atom. The number of amides is 1. The third kappa shape index (κ3) is 5.11. The molecule has 136 valence electrons. The average molecular weight is 434 g/mol. The fraction of sp³-hybridized carbons (Fsp3) is 0.300. The van der Waals surface area contributed by atoms with E-state index in [1.807, 2.05) is 47.4 Å². The van der Waals surface area contributed by atoms with Gasteiger partial charge in [0.15, 0.2) is 0 Å². The molecule has 0 spiro atoms. The minimum absolute atomic E-state index is 0.129. The summed E-state index contributed by atoms with van der Waals surface area (Å²) in [5, 5.41) is 0. The maximum absolute atomic E-state index is 12.5. The van der Waals surface area contributed by atoms with Crippen LogP contribution < -0.4 is 0 Å². The summed E-state index contributed by atoms with van der Waals surface area (Å²) in [6.07, 6.45) is 2.16. The van der Waals surface area contributed by atoms with Crippen molar-refractivity contribution in [2.24, 2.45) is 0 Å². The van der Waals surface area contributed by atoms with Gasteiger partial charge in [0.2, 0.25) is 5.91 Å². The Morgan fingerprint density at radius 3 is 2.62 bits per heavy atom. The van der Waals surface area contributed by atoms with Gasteiger partial charge in [-0.2, -0.15) is 0 Å². The Morgan fingerprint density at radius 1 is 1.08 bits per heavy atom. The third-order valence-corrected chi connectivity index (χ3v) is 5.73. The first-order valence-electron chi connectivity index (χ1n) is 8.54. The SMILES string of the molecule is O=C(OCc1cccc(Br)c1)c1ccccc1SCC(=O)N1CCCC1. The topological polar surface area (TPSA) is 46.6 Å². The lowest BCUT2D eigenvalue weighted by Crippen LogP contribution is -2.29. The van der Waals surface area contributed by atoms with Gasteiger partial charge in [-0.15, -0.1) is 11.8 Å². The number of ether oxygens (including phenoxy) is 1. The number of nitrogens with zero attached hydrogens (tertiary/aromatic N) is 1. The summed E-state index contributed by atoms with van der Waals surface area (Å²) in [6.45, 7) is 1.90. The molecule has 2 aromatic rings. The van der Waals surface area contributed by atoms with Crippen LogP contribution in [0.5, 0.6) is 0 Å². The van der Waals surface area contributed by atoms with E-state index in [0.717, 1.165) is 40.9 Å². The fourth-order valence-corrected chi connectivity index (χ4v) is 4.20. The number of hydrogen-bond acceptors (Lipinski definition) is 4. The van der Waals surface area contributed by atoms with Crippen LogP contribution in [-0.2, 0) is 16.1 Å². The van der Waals surface area contributed by atoms with Crippen molar-refractivity contribution in [1.29, 1.82) is 0 Å². The Labute approximate surface area is 166 Å². The van der Waals surface area contributed by atoms with Crippen molar-refractivity contribution < 1.29 is 14.3 Å². The number of benzene rings is 2. The molecule has 2 aromatic carbocycles. The normalized spacial score (nSPS) is 13.7. The molecule has 0 N–H and O–H groups in total. The van der Waals surface area contributed by atoms with E-state index >= 15 is 0 Å². The minimum atomic E-state index is -0.373. The van der Waals surface area contributed by atoms with Gasteiger partial charge in [0.05, 0.1) is 11.3 Å². The van der Waals surface area contributed by atoms with Crippen molar-refractivity contribution in [3.05, 3.63) is 64.1 Å². The molecule has 1 fully saturated rings. The lowest BCUT2D eigenvalue weighted by molar-refractivity contribution is -0.127. The van der Waals surface area contributed by atoms with Crippen molar-refractivity contribution in [3.8, 4) is 0 Å². The van der Waals surface area contributed by atoms with E-state index in [0.29, 0.717) is 11.3 Å². The van der Waals surface area contributed by atoms with Crippen LogP contribution in [-0.4, -0.2) is 35.6 Å². The first-order chi connectivity index (χ1) is 12.6. The molecule has 0 radical (unpaired) electrons. The highest BCUT2D eigenvalue weighted by Crippen LogP contribution is 2.25. The smallest absolute Gasteiger partial charge is 0.339 e. The summed E-state index contributed by atoms with van der Waals surface area (Å²) in [5.41, 5.74) is 1.42. The third-order valence-electron chi connectivity index (χ3n) is 4.18. The van der Waals surface area contributed by atoms with Gasteiger partial charge in [-0.1, -0.05) is 40.2 Å². The molecule has 4 nitrogen and oxygen atoms in total. The van der Waals surface area contributed by atoms with Crippen molar-refractivity contribution in [1.82, 2.24) is 4.90 Å². The number of thioether (sulfide) groups is 1. The minimum Gasteiger partial charge on any atom is -0.457 e. The quantitative estimate of drug-likeness (QED) is 0.496. The second-order valence-corrected chi connectivity index (χ2v) is 8.01. The van der Waals surface area contributed by atoms with Crippen molar-refractivity contribution in [2.75, 3.05) is 18.8 Å². The Kier molecular flexibility index (Phi) is 6.74. The summed E-state index contributed by atoms with van der Waals surface area (Å²) in [4.78, 5) is 27.4. The van der Waals surface area contributed by atoms with Crippen LogP contribution in [0.15, 0.2) is 57.9 Å². The van der Waals surface area contributed by atoms with Gasteiger partial charge < -0.3 is 9.64 Å². The lowest BCUT2D eigenvalue weighted by Gasteiger charge is -2.15. The highest BCUT2D eigenvalue weighted by Gasteiger charge is 2.19. The highest BCUT2D eigenvalue weighted by atomic mass is 79.9. The van der Waals surface area contributed by atoms with Gasteiger partial charge in [0.25, 0.3) is 0 Å². The molecule has 6 heteroatoms. The molecule has 0 atom stereocenters. The summed E-state index contributed by atoms with van der Waals surface area (Å²) in [5.74, 6) is 0.0992. The van der Waals surface area contributed by atoms with Crippen LogP contribution in [0.3, 0.4) is 0 Å². The second-order valence-electron chi connectivity index (χ2n) is 6.08. The molecule has 0 aromatic heterocycles. The molecule has 1 saturated heterocycles. The number of esters is 1. The number of carbonyl (C=O) groups excluding carboxylic acids is 2. The molecule has 1 aliphatic rings. The number of carbonyl (C=O) groups is 2. The zero-order valence-electron chi connectivity index (χ0n) is 14.3. The zero-order chi connectivity index (χ0) is 18.4. The molecule has 1 amide bonds. The molecule has 0 aliphatic carbocycles. The highest BCUT2D eigenvalue weighted by molar-refractivity contribution is 9.10. The van der Waals surface area contributed by atoms with Crippen LogP contribution >= 0.6 is 27.7 Å². The second kappa shape index (κ2) is 9.24. The van der Waals surface area contributed by atoms with E-state index in [4.69, 9.17) is 4.74 Å². The van der Waals surface area contributed by atoms with E-state index in [1.165, 1.54) is 11.8 Å². The molecule has 26 heavy (non-hydrogen) atoms. The molecule has 0 bridgehead atoms. The Bertz CT molecular complexity index is 790. The van der Waals surface area contributed by atoms with Crippen LogP contribution in [0, 0.1) is 0 Å². The van der Waals surface area contributed by atoms with Gasteiger partial charge in [-0.05, 0) is 42.7 Å². The lowest BCUT2D eigenvalue weighted by atomic mass is 10.2. The zero-order valence-corrected chi connectivity index (χ0v) is 16.7. The standard InChI is InChI=1S/C20H20BrNO3S/c21-16-7-5-6-15(12-16)13-25-20(24)17-8-1-2-9-18(17)26-14-19(23)22-10-3-4-11-22/h1-2,5-9,12H,3-4,10-11,13-14H2. The molecular weight excluding hydrogens is 414 g/mol. The van der Waals surface area contributed by atoms with Crippen LogP contribution in [0.4, 0.5) is 0 Å². The maximum atomic E-state index is 12.5. The molecular formula is C20H20BrNO3S. The molecule has 0 unspecified atom stereocenters. The largest absolute Gasteiger partial charge is 0.457 e. The predicted molar refractivity (Wildman–Crippen MR) is 106 cm³/mol. The van der Waals surface area contributed by atoms with Crippen molar-refractivity contribution in [3.63, 3.8) is 0 Å². The number of likely N-dealkylation sites (tertiary alicyclic amines) is 1. The van der Waals surface area contributed by atoms with E-state index in [2.05, 4.69) is 15.9 Å². The summed E-state index contributed by atoms with van der Waals surface area (Å²) in [7, 11) is 0. The number of rotatable bonds is 6. The summed E-state index contributed by atoms with van der Waals surface area (Å²) in [6, 6.07) is 14.9. The Hall–Kier alpha value is -1.79. The van der Waals surface area contributed by atoms with Crippen LogP contribution in [0.1, 0.15) is 28.8 Å². The van der Waals surface area contributed by atoms with Gasteiger partial charge in [0.1, 0.15) is 6.61 Å². The Balaban J connectivity index is 1.60. The van der Waals surface area contributed by atoms with Crippen molar-refractivity contribution in [2.45, 2.75) is 24.3 Å². The number of halogens is 1. The maximum Gasteiger partial charge on any atom is 0.339 e. The van der Waals surface area contributed by atoms with E-state index in [1.54, 1.807) is 6.07 Å². The van der Waals surface area contributed by atoms with E-state index < -0.39 is 0 Å². The molecule has 0 saturated carbocycles. The molecule has 1 aliphatic heterocycles. The first-order valence-corrected chi connectivity index (χ1v) is 10.3. The van der Waals surface area contributed by atoms with E-state index in [-0.39, 0.29) is 18.5 Å². The summed E-state index contributed by atoms with van der Waals surface area (Å²) >= 11 is 4.80. The molecule has 1 heterocycles. The van der Waals surface area contributed by atoms with Crippen molar-refractivity contribution >= 4 is 39.6 Å². The van der Waals surface area contributed by atoms with E-state index in [9.17, 15) is 9.59 Å². The van der Waals surface area contributed by atoms with Gasteiger partial charge in [0, 0.05) is 22.5 Å². The van der Waals surface area contributed by atoms with Crippen LogP contribution in [0.2, 0.25) is 0 Å². The summed E-state index contributed by atoms with van der Waals surface area (Å²) < 4.78 is 6.39. The van der Waals surface area contributed by atoms with Gasteiger partial charge >= 0.3 is 5.97 Å². The molecule has 3 rings (SSSR count). The monoisotopic (exact) mass is 433 g/mol. The van der Waals surface area contributed by atoms with Crippen LogP contribution in [0.25, 0.3) is 0 Å².